The van der Waals surface area contributed by atoms with Gasteiger partial charge in [0.2, 0.25) is 0 Å². The summed E-state index contributed by atoms with van der Waals surface area (Å²) in [6.45, 7) is 0. The van der Waals surface area contributed by atoms with Crippen molar-refractivity contribution >= 4 is 0 Å². The highest BCUT2D eigenvalue weighted by Crippen LogP contribution is 2.21. The van der Waals surface area contributed by atoms with Crippen LogP contribution in [-0.4, -0.2) is 9.97 Å². The Kier molecular flexibility index (Phi) is 2.47. The van der Waals surface area contributed by atoms with Gasteiger partial charge in [0.1, 0.15) is 5.82 Å². The van der Waals surface area contributed by atoms with Crippen LogP contribution >= 0.6 is 0 Å². The number of H-pyrrole nitrogens is 1. The quantitative estimate of drug-likeness (QED) is 0.702. The van der Waals surface area contributed by atoms with Gasteiger partial charge < -0.3 is 4.98 Å². The predicted molar refractivity (Wildman–Crippen MR) is 67.1 cm³/mol. The molecule has 17 heavy (non-hydrogen) atoms. The molecule has 0 unspecified atom stereocenters. The second-order valence-corrected chi connectivity index (χ2v) is 3.72. The fourth-order valence-electron chi connectivity index (χ4n) is 1.73. The molecule has 2 radical (unpaired) electrons. The molecular formula is C15H10N2. The molecule has 0 aliphatic carbocycles. The third-order valence-corrected chi connectivity index (χ3v) is 2.60. The smallest absolute Gasteiger partial charge is 0.137 e. The summed E-state index contributed by atoms with van der Waals surface area (Å²) in [6.07, 6.45) is 1.85. The number of nitrogens with zero attached hydrogens (tertiary/aromatic N) is 1. The summed E-state index contributed by atoms with van der Waals surface area (Å²) in [5.74, 6) is 0.877. The average molecular weight is 218 g/mol. The van der Waals surface area contributed by atoms with Crippen LogP contribution in [0.25, 0.3) is 22.6 Å². The van der Waals surface area contributed by atoms with Crippen molar-refractivity contribution in [3.8, 4) is 22.6 Å². The van der Waals surface area contributed by atoms with Crippen LogP contribution in [0.1, 0.15) is 0 Å². The van der Waals surface area contributed by atoms with Gasteiger partial charge in [-0.2, -0.15) is 0 Å². The number of aromatic nitrogens is 2. The monoisotopic (exact) mass is 218 g/mol. The van der Waals surface area contributed by atoms with E-state index in [9.17, 15) is 0 Å². The van der Waals surface area contributed by atoms with E-state index in [1.165, 1.54) is 0 Å². The van der Waals surface area contributed by atoms with E-state index >= 15 is 0 Å². The summed E-state index contributed by atoms with van der Waals surface area (Å²) in [7, 11) is 0. The number of hydrogen-bond acceptors (Lipinski definition) is 1. The number of benzene rings is 2. The van der Waals surface area contributed by atoms with Crippen LogP contribution in [0.2, 0.25) is 0 Å². The van der Waals surface area contributed by atoms with E-state index < -0.39 is 0 Å². The van der Waals surface area contributed by atoms with E-state index in [-0.39, 0.29) is 0 Å². The average Bonchev–Trinajstić information content (AvgIpc) is 2.90. The van der Waals surface area contributed by atoms with E-state index in [0.29, 0.717) is 0 Å². The minimum Gasteiger partial charge on any atom is -0.338 e. The van der Waals surface area contributed by atoms with Crippen LogP contribution in [0, 0.1) is 12.1 Å². The Labute approximate surface area is 100.0 Å². The number of hydrogen-bond donors (Lipinski definition) is 1. The summed E-state index contributed by atoms with van der Waals surface area (Å²) in [5, 5.41) is 0. The van der Waals surface area contributed by atoms with Crippen molar-refractivity contribution in [3.63, 3.8) is 0 Å². The Morgan fingerprint density at radius 3 is 2.06 bits per heavy atom. The largest absolute Gasteiger partial charge is 0.338 e. The van der Waals surface area contributed by atoms with Gasteiger partial charge in [-0.3, -0.25) is 0 Å². The molecule has 0 atom stereocenters. The van der Waals surface area contributed by atoms with Crippen LogP contribution in [-0.2, 0) is 0 Å². The Bertz CT molecular complexity index is 543. The second-order valence-electron chi connectivity index (χ2n) is 3.72. The Hall–Kier alpha value is -2.35. The fraction of sp³-hybridized carbons (Fsp3) is 0. The second kappa shape index (κ2) is 4.26. The lowest BCUT2D eigenvalue weighted by Gasteiger charge is -1.96. The molecular weight excluding hydrogens is 208 g/mol. The van der Waals surface area contributed by atoms with E-state index in [0.717, 1.165) is 22.6 Å². The van der Waals surface area contributed by atoms with Gasteiger partial charge in [0.25, 0.3) is 0 Å². The van der Waals surface area contributed by atoms with E-state index in [1.807, 2.05) is 54.7 Å². The van der Waals surface area contributed by atoms with Gasteiger partial charge in [-0.05, 0) is 17.7 Å². The normalized spacial score (nSPS) is 10.4. The van der Waals surface area contributed by atoms with Crippen LogP contribution in [0.3, 0.4) is 0 Å². The molecule has 0 bridgehead atoms. The first-order chi connectivity index (χ1) is 8.43. The lowest BCUT2D eigenvalue weighted by atomic mass is 10.2. The summed E-state index contributed by atoms with van der Waals surface area (Å²) in [5.41, 5.74) is 3.20. The lowest BCUT2D eigenvalue weighted by molar-refractivity contribution is 1.31. The van der Waals surface area contributed by atoms with Crippen molar-refractivity contribution in [2.24, 2.45) is 0 Å². The first-order valence-electron chi connectivity index (χ1n) is 5.41. The zero-order valence-electron chi connectivity index (χ0n) is 9.14. The minimum atomic E-state index is 0.877. The lowest BCUT2D eigenvalue weighted by Crippen LogP contribution is -1.80. The van der Waals surface area contributed by atoms with E-state index in [2.05, 4.69) is 22.1 Å². The Balaban J connectivity index is 1.99. The maximum Gasteiger partial charge on any atom is 0.137 e. The third-order valence-electron chi connectivity index (χ3n) is 2.60. The molecule has 1 heterocycles. The maximum absolute atomic E-state index is 4.38. The van der Waals surface area contributed by atoms with Crippen LogP contribution in [0.5, 0.6) is 0 Å². The van der Waals surface area contributed by atoms with Crippen molar-refractivity contribution in [1.82, 2.24) is 9.97 Å². The molecule has 2 nitrogen and oxygen atoms in total. The molecule has 0 saturated carbocycles. The number of nitrogens with one attached hydrogen (secondary N) is 1. The fourth-order valence-corrected chi connectivity index (χ4v) is 1.73. The van der Waals surface area contributed by atoms with Crippen LogP contribution in [0.4, 0.5) is 0 Å². The molecule has 80 valence electrons. The highest BCUT2D eigenvalue weighted by molar-refractivity contribution is 5.63. The van der Waals surface area contributed by atoms with Gasteiger partial charge in [0.05, 0.1) is 11.9 Å². The van der Waals surface area contributed by atoms with Crippen molar-refractivity contribution in [1.29, 1.82) is 0 Å². The van der Waals surface area contributed by atoms with Gasteiger partial charge in [0.15, 0.2) is 0 Å². The number of imidazole rings is 1. The topological polar surface area (TPSA) is 28.7 Å². The van der Waals surface area contributed by atoms with Crippen molar-refractivity contribution in [2.75, 3.05) is 0 Å². The van der Waals surface area contributed by atoms with Crippen molar-refractivity contribution in [3.05, 3.63) is 66.9 Å². The minimum absolute atomic E-state index is 0.877. The van der Waals surface area contributed by atoms with Crippen LogP contribution in [0.15, 0.2) is 54.7 Å². The highest BCUT2D eigenvalue weighted by Gasteiger charge is 2.03. The SMILES string of the molecule is [c]1ccc(-c2cnc(-c3cc[c]cc3)[nH]2)cc1. The molecule has 0 fully saturated rings. The zero-order valence-corrected chi connectivity index (χ0v) is 9.14. The molecule has 2 aromatic carbocycles. The Morgan fingerprint density at radius 2 is 1.41 bits per heavy atom. The third kappa shape index (κ3) is 1.97. The standard InChI is InChI=1S/C15H10N2/c1-3-7-12(8-4-1)14-11-16-15(17-14)13-9-5-2-6-10-13/h3-11H,(H,16,17). The van der Waals surface area contributed by atoms with Gasteiger partial charge in [0, 0.05) is 5.56 Å². The molecule has 0 amide bonds. The van der Waals surface area contributed by atoms with E-state index in [1.54, 1.807) is 0 Å². The van der Waals surface area contributed by atoms with E-state index in [4.69, 9.17) is 0 Å². The molecule has 0 aliphatic rings. The van der Waals surface area contributed by atoms with Crippen molar-refractivity contribution in [2.45, 2.75) is 0 Å². The number of aromatic amines is 1. The Morgan fingerprint density at radius 1 is 0.824 bits per heavy atom. The van der Waals surface area contributed by atoms with Gasteiger partial charge >= 0.3 is 0 Å². The molecule has 2 heteroatoms. The number of rotatable bonds is 2. The van der Waals surface area contributed by atoms with Crippen LogP contribution < -0.4 is 0 Å². The molecule has 0 spiro atoms. The maximum atomic E-state index is 4.38. The summed E-state index contributed by atoms with van der Waals surface area (Å²) >= 11 is 0. The van der Waals surface area contributed by atoms with Gasteiger partial charge in [-0.15, -0.1) is 0 Å². The summed E-state index contributed by atoms with van der Waals surface area (Å²) in [4.78, 5) is 7.69. The van der Waals surface area contributed by atoms with Crippen molar-refractivity contribution < 1.29 is 0 Å². The summed E-state index contributed by atoms with van der Waals surface area (Å²) in [6, 6.07) is 21.6. The first kappa shape index (κ1) is 9.85. The summed E-state index contributed by atoms with van der Waals surface area (Å²) < 4.78 is 0. The predicted octanol–water partition coefficient (Wildman–Crippen LogP) is 3.34. The molecule has 1 N–H and O–H groups in total. The zero-order chi connectivity index (χ0) is 11.5. The molecule has 3 rings (SSSR count). The first-order valence-corrected chi connectivity index (χ1v) is 5.41. The molecule has 0 aliphatic heterocycles. The molecule has 0 saturated heterocycles. The highest BCUT2D eigenvalue weighted by atomic mass is 14.9. The molecule has 1 aromatic heterocycles. The molecule has 3 aromatic rings. The van der Waals surface area contributed by atoms with Gasteiger partial charge in [-0.25, -0.2) is 4.98 Å². The van der Waals surface area contributed by atoms with Gasteiger partial charge in [-0.1, -0.05) is 48.5 Å².